The van der Waals surface area contributed by atoms with E-state index in [-0.39, 0.29) is 5.91 Å². The van der Waals surface area contributed by atoms with E-state index in [0.29, 0.717) is 41.1 Å². The van der Waals surface area contributed by atoms with Gasteiger partial charge in [0.25, 0.3) is 5.91 Å². The minimum atomic E-state index is -0.395. The number of aliphatic imine (C=N–C) groups is 1. The molecule has 0 radical (unpaired) electrons. The van der Waals surface area contributed by atoms with Crippen molar-refractivity contribution in [1.29, 1.82) is 0 Å². The first kappa shape index (κ1) is 23.1. The maximum Gasteiger partial charge on any atom is 0.338 e. The number of hydrogen-bond acceptors (Lipinski definition) is 6. The summed E-state index contributed by atoms with van der Waals surface area (Å²) in [6.07, 6.45) is 1.84. The molecule has 0 unspecified atom stereocenters. The summed E-state index contributed by atoms with van der Waals surface area (Å²) in [5.41, 5.74) is 1.90. The van der Waals surface area contributed by atoms with Gasteiger partial charge in [-0.25, -0.2) is 9.79 Å². The molecule has 0 aliphatic carbocycles. The Labute approximate surface area is 194 Å². The lowest BCUT2D eigenvalue weighted by Crippen LogP contribution is -2.28. The lowest BCUT2D eigenvalue weighted by Gasteiger charge is -2.12. The summed E-state index contributed by atoms with van der Waals surface area (Å²) in [5.74, 6) is 0.264. The molecule has 0 aromatic heterocycles. The number of benzene rings is 2. The number of rotatable bonds is 7. The molecule has 0 saturated carbocycles. The van der Waals surface area contributed by atoms with E-state index in [4.69, 9.17) is 9.47 Å². The maximum atomic E-state index is 12.9. The molecule has 0 bridgehead atoms. The van der Waals surface area contributed by atoms with Crippen molar-refractivity contribution < 1.29 is 19.1 Å². The molecule has 1 aliphatic rings. The van der Waals surface area contributed by atoms with Gasteiger partial charge in [0.15, 0.2) is 5.17 Å². The lowest BCUT2D eigenvalue weighted by atomic mass is 10.2. The van der Waals surface area contributed by atoms with Gasteiger partial charge in [-0.05, 0) is 90.4 Å². The van der Waals surface area contributed by atoms with E-state index in [0.717, 1.165) is 15.8 Å². The molecule has 1 aliphatic heterocycles. The topological polar surface area (TPSA) is 68.2 Å². The number of thioether (sulfide) groups is 1. The van der Waals surface area contributed by atoms with Crippen LogP contribution in [-0.4, -0.2) is 41.7 Å². The fourth-order valence-corrected chi connectivity index (χ4v) is 4.50. The van der Waals surface area contributed by atoms with Crippen molar-refractivity contribution >= 4 is 56.5 Å². The Hall–Kier alpha value is -2.58. The number of hydrogen-bond donors (Lipinski definition) is 0. The second kappa shape index (κ2) is 10.6. The zero-order chi connectivity index (χ0) is 22.4. The number of carbonyl (C=O) groups excluding carboxylic acids is 2. The largest absolute Gasteiger partial charge is 0.493 e. The normalized spacial score (nSPS) is 16.3. The molecular formula is C23H23BrN2O4S. The van der Waals surface area contributed by atoms with E-state index in [9.17, 15) is 9.59 Å². The molecule has 2 aromatic rings. The Kier molecular flexibility index (Phi) is 7.92. The van der Waals surface area contributed by atoms with Gasteiger partial charge in [-0.15, -0.1) is 0 Å². The van der Waals surface area contributed by atoms with E-state index in [1.807, 2.05) is 38.1 Å². The van der Waals surface area contributed by atoms with E-state index in [2.05, 4.69) is 20.9 Å². The van der Waals surface area contributed by atoms with E-state index >= 15 is 0 Å². The molecule has 6 nitrogen and oxygen atoms in total. The SMILES string of the molecule is CCOC(=O)c1cccc(N=C2SC(=Cc3ccc(OCC)c(Br)c3)C(=O)N2CC)c1. The molecular weight excluding hydrogens is 480 g/mol. The quantitative estimate of drug-likeness (QED) is 0.361. The van der Waals surface area contributed by atoms with Crippen molar-refractivity contribution in [2.75, 3.05) is 19.8 Å². The average Bonchev–Trinajstić information content (AvgIpc) is 3.04. The van der Waals surface area contributed by atoms with Gasteiger partial charge in [0.1, 0.15) is 5.75 Å². The van der Waals surface area contributed by atoms with E-state index in [1.165, 1.54) is 11.8 Å². The zero-order valence-electron chi connectivity index (χ0n) is 17.6. The minimum absolute atomic E-state index is 0.0993. The molecule has 0 spiro atoms. The number of halogens is 1. The van der Waals surface area contributed by atoms with Crippen LogP contribution < -0.4 is 4.74 Å². The number of amides is 1. The van der Waals surface area contributed by atoms with Gasteiger partial charge in [-0.3, -0.25) is 9.69 Å². The molecule has 1 fully saturated rings. The van der Waals surface area contributed by atoms with Crippen LogP contribution in [0.1, 0.15) is 36.7 Å². The summed E-state index contributed by atoms with van der Waals surface area (Å²) in [7, 11) is 0. The van der Waals surface area contributed by atoms with Crippen LogP contribution in [0.2, 0.25) is 0 Å². The molecule has 8 heteroatoms. The number of carbonyl (C=O) groups is 2. The van der Waals surface area contributed by atoms with Crippen molar-refractivity contribution in [2.24, 2.45) is 4.99 Å². The van der Waals surface area contributed by atoms with Crippen LogP contribution >= 0.6 is 27.7 Å². The molecule has 0 N–H and O–H groups in total. The van der Waals surface area contributed by atoms with Crippen molar-refractivity contribution in [3.05, 3.63) is 63.0 Å². The molecule has 2 aromatic carbocycles. The van der Waals surface area contributed by atoms with Crippen LogP contribution in [0.3, 0.4) is 0 Å². The van der Waals surface area contributed by atoms with Gasteiger partial charge in [-0.1, -0.05) is 12.1 Å². The molecule has 0 atom stereocenters. The summed E-state index contributed by atoms with van der Waals surface area (Å²) in [6.45, 7) is 6.97. The van der Waals surface area contributed by atoms with Gasteiger partial charge in [0.05, 0.1) is 33.8 Å². The van der Waals surface area contributed by atoms with Crippen molar-refractivity contribution in [1.82, 2.24) is 4.90 Å². The minimum Gasteiger partial charge on any atom is -0.493 e. The molecule has 1 amide bonds. The van der Waals surface area contributed by atoms with Gasteiger partial charge in [0, 0.05) is 6.54 Å². The number of amidine groups is 1. The van der Waals surface area contributed by atoms with Crippen LogP contribution in [0.15, 0.2) is 56.8 Å². The monoisotopic (exact) mass is 502 g/mol. The van der Waals surface area contributed by atoms with Gasteiger partial charge < -0.3 is 9.47 Å². The van der Waals surface area contributed by atoms with Crippen molar-refractivity contribution in [3.63, 3.8) is 0 Å². The van der Waals surface area contributed by atoms with Crippen LogP contribution in [0, 0.1) is 0 Å². The summed E-state index contributed by atoms with van der Waals surface area (Å²) < 4.78 is 11.4. The number of nitrogens with zero attached hydrogens (tertiary/aromatic N) is 2. The Morgan fingerprint density at radius 1 is 1.16 bits per heavy atom. The fraction of sp³-hybridized carbons (Fsp3) is 0.261. The standard InChI is InChI=1S/C23H23BrN2O4S/c1-4-26-21(27)20(13-15-10-11-19(29-5-2)18(24)12-15)31-23(26)25-17-9-7-8-16(14-17)22(28)30-6-3/h7-14H,4-6H2,1-3H3. The van der Waals surface area contributed by atoms with Crippen LogP contribution in [-0.2, 0) is 9.53 Å². The van der Waals surface area contributed by atoms with Crippen molar-refractivity contribution in [2.45, 2.75) is 20.8 Å². The second-order valence-corrected chi connectivity index (χ2v) is 8.31. The first-order chi connectivity index (χ1) is 15.0. The van der Waals surface area contributed by atoms with Gasteiger partial charge in [-0.2, -0.15) is 0 Å². The third-order valence-electron chi connectivity index (χ3n) is 4.34. The smallest absolute Gasteiger partial charge is 0.338 e. The highest BCUT2D eigenvalue weighted by Crippen LogP contribution is 2.35. The maximum absolute atomic E-state index is 12.9. The van der Waals surface area contributed by atoms with Gasteiger partial charge in [0.2, 0.25) is 0 Å². The van der Waals surface area contributed by atoms with Crippen LogP contribution in [0.5, 0.6) is 5.75 Å². The van der Waals surface area contributed by atoms with Crippen molar-refractivity contribution in [3.8, 4) is 5.75 Å². The predicted octanol–water partition coefficient (Wildman–Crippen LogP) is 5.65. The summed E-state index contributed by atoms with van der Waals surface area (Å²) in [4.78, 5) is 31.7. The lowest BCUT2D eigenvalue weighted by molar-refractivity contribution is -0.122. The zero-order valence-corrected chi connectivity index (χ0v) is 20.0. The summed E-state index contributed by atoms with van der Waals surface area (Å²) >= 11 is 4.82. The molecule has 1 saturated heterocycles. The van der Waals surface area contributed by atoms with E-state index in [1.54, 1.807) is 36.1 Å². The molecule has 1 heterocycles. The predicted molar refractivity (Wildman–Crippen MR) is 128 cm³/mol. The molecule has 31 heavy (non-hydrogen) atoms. The highest BCUT2D eigenvalue weighted by Gasteiger charge is 2.32. The second-order valence-electron chi connectivity index (χ2n) is 6.45. The molecule has 3 rings (SSSR count). The Balaban J connectivity index is 1.88. The summed E-state index contributed by atoms with van der Waals surface area (Å²) in [6, 6.07) is 12.6. The van der Waals surface area contributed by atoms with Crippen LogP contribution in [0.4, 0.5) is 5.69 Å². The first-order valence-electron chi connectivity index (χ1n) is 9.96. The van der Waals surface area contributed by atoms with Gasteiger partial charge >= 0.3 is 5.97 Å². The Morgan fingerprint density at radius 2 is 1.97 bits per heavy atom. The number of ether oxygens (including phenoxy) is 2. The average molecular weight is 503 g/mol. The first-order valence-corrected chi connectivity index (χ1v) is 11.6. The third kappa shape index (κ3) is 5.57. The highest BCUT2D eigenvalue weighted by molar-refractivity contribution is 9.10. The van der Waals surface area contributed by atoms with E-state index < -0.39 is 5.97 Å². The fourth-order valence-electron chi connectivity index (χ4n) is 2.93. The highest BCUT2D eigenvalue weighted by atomic mass is 79.9. The Bertz CT molecular complexity index is 1050. The Morgan fingerprint density at radius 3 is 2.65 bits per heavy atom. The van der Waals surface area contributed by atoms with Crippen LogP contribution in [0.25, 0.3) is 6.08 Å². The number of likely N-dealkylation sites (N-methyl/N-ethyl adjacent to an activating group) is 1. The molecule has 162 valence electrons. The summed E-state index contributed by atoms with van der Waals surface area (Å²) in [5, 5.41) is 0.574. The third-order valence-corrected chi connectivity index (χ3v) is 5.97. The number of esters is 1.